The minimum absolute atomic E-state index is 0.0519. The van der Waals surface area contributed by atoms with Crippen molar-refractivity contribution in [2.24, 2.45) is 5.10 Å². The van der Waals surface area contributed by atoms with Gasteiger partial charge in [0.1, 0.15) is 5.82 Å². The number of nitrogens with zero attached hydrogens (tertiary/aromatic N) is 3. The lowest BCUT2D eigenvalue weighted by Gasteiger charge is -2.08. The maximum Gasteiger partial charge on any atom is 0.282 e. The minimum Gasteiger partial charge on any atom is -0.504 e. The van der Waals surface area contributed by atoms with Gasteiger partial charge < -0.3 is 9.84 Å². The zero-order chi connectivity index (χ0) is 17.3. The summed E-state index contributed by atoms with van der Waals surface area (Å²) in [5, 5.41) is 14.8. The van der Waals surface area contributed by atoms with Crippen molar-refractivity contribution < 1.29 is 9.84 Å². The van der Waals surface area contributed by atoms with Crippen molar-refractivity contribution in [2.75, 3.05) is 7.11 Å². The molecule has 2 aromatic carbocycles. The number of methoxy groups -OCH3 is 1. The van der Waals surface area contributed by atoms with Crippen LogP contribution in [0.1, 0.15) is 11.4 Å². The van der Waals surface area contributed by atoms with E-state index in [0.717, 1.165) is 4.47 Å². The van der Waals surface area contributed by atoms with Gasteiger partial charge in [-0.15, -0.1) is 0 Å². The Morgan fingerprint density at radius 3 is 2.83 bits per heavy atom. The van der Waals surface area contributed by atoms with Gasteiger partial charge in [0.15, 0.2) is 11.5 Å². The highest BCUT2D eigenvalue weighted by molar-refractivity contribution is 9.10. The van der Waals surface area contributed by atoms with Crippen LogP contribution in [0, 0.1) is 6.92 Å². The van der Waals surface area contributed by atoms with Crippen molar-refractivity contribution >= 4 is 33.0 Å². The van der Waals surface area contributed by atoms with E-state index in [0.29, 0.717) is 28.0 Å². The summed E-state index contributed by atoms with van der Waals surface area (Å²) >= 11 is 3.34. The van der Waals surface area contributed by atoms with E-state index in [2.05, 4.69) is 26.0 Å². The first kappa shape index (κ1) is 16.2. The smallest absolute Gasteiger partial charge is 0.282 e. The standard InChI is InChI=1S/C17H14BrN3O3/c1-10-20-14-6-4-3-5-13(14)17(23)21(10)19-9-11-7-12(18)8-15(24-2)16(11)22/h3-9,22H,1-2H3/b19-9+. The van der Waals surface area contributed by atoms with Gasteiger partial charge in [-0.2, -0.15) is 9.78 Å². The van der Waals surface area contributed by atoms with Gasteiger partial charge in [-0.25, -0.2) is 4.98 Å². The van der Waals surface area contributed by atoms with E-state index in [4.69, 9.17) is 4.74 Å². The highest BCUT2D eigenvalue weighted by atomic mass is 79.9. The maximum atomic E-state index is 12.6. The van der Waals surface area contributed by atoms with Gasteiger partial charge in [0.2, 0.25) is 0 Å². The van der Waals surface area contributed by atoms with E-state index in [9.17, 15) is 9.90 Å². The molecule has 0 bridgehead atoms. The predicted octanol–water partition coefficient (Wildman–Crippen LogP) is 3.06. The molecule has 0 spiro atoms. The second-order valence-corrected chi connectivity index (χ2v) is 6.00. The summed E-state index contributed by atoms with van der Waals surface area (Å²) in [7, 11) is 1.46. The first-order valence-corrected chi connectivity index (χ1v) is 7.90. The summed E-state index contributed by atoms with van der Waals surface area (Å²) in [5.74, 6) is 0.715. The third kappa shape index (κ3) is 2.90. The van der Waals surface area contributed by atoms with Gasteiger partial charge >= 0.3 is 0 Å². The molecule has 0 aliphatic heterocycles. The molecule has 1 heterocycles. The number of hydrogen-bond donors (Lipinski definition) is 1. The summed E-state index contributed by atoms with van der Waals surface area (Å²) in [4.78, 5) is 16.9. The highest BCUT2D eigenvalue weighted by Crippen LogP contribution is 2.32. The van der Waals surface area contributed by atoms with Gasteiger partial charge in [-0.05, 0) is 31.2 Å². The Morgan fingerprint density at radius 2 is 2.08 bits per heavy atom. The Morgan fingerprint density at radius 1 is 1.33 bits per heavy atom. The summed E-state index contributed by atoms with van der Waals surface area (Å²) < 4.78 is 7.03. The minimum atomic E-state index is -0.268. The van der Waals surface area contributed by atoms with E-state index >= 15 is 0 Å². The molecule has 0 saturated carbocycles. The molecule has 0 radical (unpaired) electrons. The lowest BCUT2D eigenvalue weighted by molar-refractivity contribution is 0.373. The molecule has 7 heteroatoms. The van der Waals surface area contributed by atoms with Crippen molar-refractivity contribution in [1.82, 2.24) is 9.66 Å². The molecule has 1 aromatic heterocycles. The molecule has 3 rings (SSSR count). The summed E-state index contributed by atoms with van der Waals surface area (Å²) in [5.41, 5.74) is 0.773. The average molecular weight is 388 g/mol. The summed E-state index contributed by atoms with van der Waals surface area (Å²) in [6, 6.07) is 10.4. The molecule has 6 nitrogen and oxygen atoms in total. The number of halogens is 1. The molecule has 0 fully saturated rings. The van der Waals surface area contributed by atoms with Crippen LogP contribution in [-0.4, -0.2) is 28.1 Å². The number of aromatic hydroxyl groups is 1. The van der Waals surface area contributed by atoms with Gasteiger partial charge in [-0.3, -0.25) is 4.79 Å². The first-order valence-electron chi connectivity index (χ1n) is 7.10. The maximum absolute atomic E-state index is 12.6. The lowest BCUT2D eigenvalue weighted by atomic mass is 10.2. The molecule has 0 aliphatic rings. The monoisotopic (exact) mass is 387 g/mol. The van der Waals surface area contributed by atoms with Crippen LogP contribution in [0.4, 0.5) is 0 Å². The number of benzene rings is 2. The van der Waals surface area contributed by atoms with Crippen LogP contribution in [-0.2, 0) is 0 Å². The number of aromatic nitrogens is 2. The van der Waals surface area contributed by atoms with E-state index in [-0.39, 0.29) is 11.3 Å². The van der Waals surface area contributed by atoms with Gasteiger partial charge in [0, 0.05) is 10.0 Å². The molecule has 0 aliphatic carbocycles. The number of rotatable bonds is 3. The van der Waals surface area contributed by atoms with Gasteiger partial charge in [-0.1, -0.05) is 28.1 Å². The van der Waals surface area contributed by atoms with Crippen LogP contribution in [0.2, 0.25) is 0 Å². The molecule has 0 unspecified atom stereocenters. The number of para-hydroxylation sites is 1. The number of phenolic OH excluding ortho intramolecular Hbond substituents is 1. The van der Waals surface area contributed by atoms with Crippen LogP contribution >= 0.6 is 15.9 Å². The molecule has 0 atom stereocenters. The Bertz CT molecular complexity index is 1010. The second kappa shape index (κ2) is 6.45. The fraction of sp³-hybridized carbons (Fsp3) is 0.118. The number of phenols is 1. The average Bonchev–Trinajstić information content (AvgIpc) is 2.57. The summed E-state index contributed by atoms with van der Waals surface area (Å²) in [6.07, 6.45) is 1.40. The number of aryl methyl sites for hydroxylation is 1. The van der Waals surface area contributed by atoms with Crippen molar-refractivity contribution in [3.63, 3.8) is 0 Å². The molecule has 0 amide bonds. The van der Waals surface area contributed by atoms with Crippen LogP contribution in [0.25, 0.3) is 10.9 Å². The molecule has 0 saturated heterocycles. The zero-order valence-electron chi connectivity index (χ0n) is 13.0. The van der Waals surface area contributed by atoms with Crippen LogP contribution < -0.4 is 10.3 Å². The quantitative estimate of drug-likeness (QED) is 0.700. The summed E-state index contributed by atoms with van der Waals surface area (Å²) in [6.45, 7) is 1.70. The van der Waals surface area contributed by atoms with Gasteiger partial charge in [0.25, 0.3) is 5.56 Å². The van der Waals surface area contributed by atoms with Crippen LogP contribution in [0.15, 0.2) is 50.8 Å². The zero-order valence-corrected chi connectivity index (χ0v) is 14.6. The predicted molar refractivity (Wildman–Crippen MR) is 96.1 cm³/mol. The lowest BCUT2D eigenvalue weighted by Crippen LogP contribution is -2.20. The Kier molecular flexibility index (Phi) is 4.35. The molecular weight excluding hydrogens is 374 g/mol. The third-order valence-corrected chi connectivity index (χ3v) is 3.97. The van der Waals surface area contributed by atoms with Crippen LogP contribution in [0.5, 0.6) is 11.5 Å². The molecule has 122 valence electrons. The molecule has 24 heavy (non-hydrogen) atoms. The van der Waals surface area contributed by atoms with Crippen LogP contribution in [0.3, 0.4) is 0 Å². The number of ether oxygens (including phenoxy) is 1. The molecule has 1 N–H and O–H groups in total. The second-order valence-electron chi connectivity index (χ2n) is 5.08. The van der Waals surface area contributed by atoms with Crippen molar-refractivity contribution in [3.8, 4) is 11.5 Å². The Hall–Kier alpha value is -2.67. The van der Waals surface area contributed by atoms with Crippen molar-refractivity contribution in [3.05, 3.63) is 62.6 Å². The molecular formula is C17H14BrN3O3. The topological polar surface area (TPSA) is 76.7 Å². The molecule has 3 aromatic rings. The third-order valence-electron chi connectivity index (χ3n) is 3.52. The highest BCUT2D eigenvalue weighted by Gasteiger charge is 2.10. The normalized spacial score (nSPS) is 11.3. The van der Waals surface area contributed by atoms with E-state index in [1.165, 1.54) is 18.0 Å². The first-order chi connectivity index (χ1) is 11.5. The van der Waals surface area contributed by atoms with E-state index in [1.54, 1.807) is 37.3 Å². The SMILES string of the molecule is COc1cc(Br)cc(/C=N/n2c(C)nc3ccccc3c2=O)c1O. The van der Waals surface area contributed by atoms with Gasteiger partial charge in [0.05, 0.1) is 24.2 Å². The number of hydrogen-bond acceptors (Lipinski definition) is 5. The van der Waals surface area contributed by atoms with E-state index in [1.807, 2.05) is 6.07 Å². The Labute approximate surface area is 146 Å². The van der Waals surface area contributed by atoms with E-state index < -0.39 is 0 Å². The number of fused-ring (bicyclic) bond motifs is 1. The largest absolute Gasteiger partial charge is 0.504 e. The fourth-order valence-corrected chi connectivity index (χ4v) is 2.79. The van der Waals surface area contributed by atoms with Crippen molar-refractivity contribution in [1.29, 1.82) is 0 Å². The van der Waals surface area contributed by atoms with Crippen molar-refractivity contribution in [2.45, 2.75) is 6.92 Å². The Balaban J connectivity index is 2.12. The fourth-order valence-electron chi connectivity index (χ4n) is 2.34.